The smallest absolute Gasteiger partial charge is 0.160 e. The minimum absolute atomic E-state index is 0.474. The zero-order valence-corrected chi connectivity index (χ0v) is 11.6. The van der Waals surface area contributed by atoms with E-state index in [-0.39, 0.29) is 0 Å². The predicted molar refractivity (Wildman–Crippen MR) is 75.8 cm³/mol. The Labute approximate surface area is 111 Å². The van der Waals surface area contributed by atoms with Gasteiger partial charge < -0.3 is 4.74 Å². The van der Waals surface area contributed by atoms with Crippen LogP contribution in [-0.4, -0.2) is 13.4 Å². The predicted octanol–water partition coefficient (Wildman–Crippen LogP) is 4.36. The zero-order valence-electron chi connectivity index (χ0n) is 10.8. The highest BCUT2D eigenvalue weighted by molar-refractivity contribution is 7.17. The summed E-state index contributed by atoms with van der Waals surface area (Å²) in [6.07, 6.45) is 0.878. The zero-order chi connectivity index (χ0) is 13.1. The molecule has 0 spiro atoms. The van der Waals surface area contributed by atoms with E-state index in [1.54, 1.807) is 7.11 Å². The fourth-order valence-electron chi connectivity index (χ4n) is 1.83. The lowest BCUT2D eigenvalue weighted by atomic mass is 10.0. The van der Waals surface area contributed by atoms with Gasteiger partial charge >= 0.3 is 0 Å². The summed E-state index contributed by atoms with van der Waals surface area (Å²) >= 11 is 1.48. The Balaban J connectivity index is 2.47. The fourth-order valence-corrected chi connectivity index (χ4v) is 2.68. The molecule has 3 heteroatoms. The standard InChI is InChI=1S/C15H16O2S/c1-10(2)11-4-6-13(14(8-11)17-3)15-7-5-12(9-16)18-15/h4-10H,1-3H3. The second kappa shape index (κ2) is 5.36. The van der Waals surface area contributed by atoms with E-state index in [1.807, 2.05) is 12.1 Å². The molecule has 18 heavy (non-hydrogen) atoms. The fraction of sp³-hybridized carbons (Fsp3) is 0.267. The molecular formula is C15H16O2S. The summed E-state index contributed by atoms with van der Waals surface area (Å²) < 4.78 is 5.45. The molecule has 1 aromatic heterocycles. The third-order valence-electron chi connectivity index (χ3n) is 2.90. The third kappa shape index (κ3) is 2.46. The molecule has 0 bridgehead atoms. The number of hydrogen-bond acceptors (Lipinski definition) is 3. The van der Waals surface area contributed by atoms with Gasteiger partial charge in [-0.3, -0.25) is 4.79 Å². The molecule has 0 saturated heterocycles. The van der Waals surface area contributed by atoms with Gasteiger partial charge in [0.1, 0.15) is 5.75 Å². The van der Waals surface area contributed by atoms with Crippen LogP contribution in [0.3, 0.4) is 0 Å². The lowest BCUT2D eigenvalue weighted by molar-refractivity contribution is 0.112. The van der Waals surface area contributed by atoms with E-state index in [1.165, 1.54) is 16.9 Å². The van der Waals surface area contributed by atoms with E-state index >= 15 is 0 Å². The maximum absolute atomic E-state index is 10.7. The summed E-state index contributed by atoms with van der Waals surface area (Å²) in [5.74, 6) is 1.34. The first kappa shape index (κ1) is 12.8. The minimum Gasteiger partial charge on any atom is -0.496 e. The van der Waals surface area contributed by atoms with Crippen molar-refractivity contribution in [3.8, 4) is 16.2 Å². The maximum atomic E-state index is 10.7. The highest BCUT2D eigenvalue weighted by Gasteiger charge is 2.10. The summed E-state index contributed by atoms with van der Waals surface area (Å²) in [5, 5.41) is 0. The Hall–Kier alpha value is -1.61. The lowest BCUT2D eigenvalue weighted by Crippen LogP contribution is -1.92. The van der Waals surface area contributed by atoms with Gasteiger partial charge in [-0.15, -0.1) is 11.3 Å². The van der Waals surface area contributed by atoms with Crippen molar-refractivity contribution in [2.45, 2.75) is 19.8 Å². The van der Waals surface area contributed by atoms with Crippen LogP contribution in [0, 0.1) is 0 Å². The second-order valence-corrected chi connectivity index (χ2v) is 5.55. The van der Waals surface area contributed by atoms with Crippen LogP contribution in [0.1, 0.15) is 35.0 Å². The maximum Gasteiger partial charge on any atom is 0.160 e. The first-order chi connectivity index (χ1) is 8.65. The van der Waals surface area contributed by atoms with Crippen LogP contribution in [0.2, 0.25) is 0 Å². The van der Waals surface area contributed by atoms with Crippen LogP contribution in [0.25, 0.3) is 10.4 Å². The van der Waals surface area contributed by atoms with Gasteiger partial charge in [-0.2, -0.15) is 0 Å². The van der Waals surface area contributed by atoms with E-state index in [2.05, 4.69) is 32.0 Å². The van der Waals surface area contributed by atoms with Gasteiger partial charge in [0, 0.05) is 10.4 Å². The number of aldehydes is 1. The molecule has 94 valence electrons. The average Bonchev–Trinajstić information content (AvgIpc) is 2.86. The summed E-state index contributed by atoms with van der Waals surface area (Å²) in [7, 11) is 1.68. The molecule has 0 aliphatic carbocycles. The molecule has 0 radical (unpaired) electrons. The minimum atomic E-state index is 0.474. The molecule has 0 saturated carbocycles. The van der Waals surface area contributed by atoms with Gasteiger partial charge in [0.15, 0.2) is 6.29 Å². The topological polar surface area (TPSA) is 26.3 Å². The molecule has 0 aliphatic heterocycles. The van der Waals surface area contributed by atoms with Crippen LogP contribution in [0.5, 0.6) is 5.75 Å². The van der Waals surface area contributed by atoms with Crippen LogP contribution in [-0.2, 0) is 0 Å². The number of carbonyl (C=O) groups is 1. The summed E-state index contributed by atoms with van der Waals surface area (Å²) in [6.45, 7) is 4.31. The quantitative estimate of drug-likeness (QED) is 0.763. The van der Waals surface area contributed by atoms with Gasteiger partial charge in [0.05, 0.1) is 12.0 Å². The molecule has 2 aromatic rings. The molecule has 0 amide bonds. The molecule has 2 rings (SSSR count). The monoisotopic (exact) mass is 260 g/mol. The number of benzene rings is 1. The van der Waals surface area contributed by atoms with Gasteiger partial charge in [-0.05, 0) is 35.7 Å². The molecule has 0 N–H and O–H groups in total. The Morgan fingerprint density at radius 2 is 2.00 bits per heavy atom. The number of carbonyl (C=O) groups excluding carboxylic acids is 1. The van der Waals surface area contributed by atoms with Crippen molar-refractivity contribution in [3.63, 3.8) is 0 Å². The Morgan fingerprint density at radius 3 is 2.56 bits per heavy atom. The number of ether oxygens (including phenoxy) is 1. The lowest BCUT2D eigenvalue weighted by Gasteiger charge is -2.11. The molecule has 0 unspecified atom stereocenters. The molecule has 0 aliphatic rings. The van der Waals surface area contributed by atoms with Crippen LogP contribution in [0.4, 0.5) is 0 Å². The molecule has 1 aromatic carbocycles. The van der Waals surface area contributed by atoms with Crippen LogP contribution >= 0.6 is 11.3 Å². The van der Waals surface area contributed by atoms with Crippen molar-refractivity contribution < 1.29 is 9.53 Å². The highest BCUT2D eigenvalue weighted by Crippen LogP contribution is 2.36. The van der Waals surface area contributed by atoms with Crippen molar-refractivity contribution in [3.05, 3.63) is 40.8 Å². The van der Waals surface area contributed by atoms with E-state index in [4.69, 9.17) is 4.74 Å². The normalized spacial score (nSPS) is 10.7. The van der Waals surface area contributed by atoms with Crippen LogP contribution < -0.4 is 4.74 Å². The molecule has 2 nitrogen and oxygen atoms in total. The molecule has 1 heterocycles. The Bertz CT molecular complexity index is 555. The summed E-state index contributed by atoms with van der Waals surface area (Å²) in [4.78, 5) is 12.5. The first-order valence-electron chi connectivity index (χ1n) is 5.89. The van der Waals surface area contributed by atoms with Crippen molar-refractivity contribution in [2.24, 2.45) is 0 Å². The van der Waals surface area contributed by atoms with E-state index in [0.717, 1.165) is 27.4 Å². The number of hydrogen-bond donors (Lipinski definition) is 0. The summed E-state index contributed by atoms with van der Waals surface area (Å²) in [5.41, 5.74) is 2.29. The Kier molecular flexibility index (Phi) is 3.82. The largest absolute Gasteiger partial charge is 0.496 e. The van der Waals surface area contributed by atoms with Gasteiger partial charge in [-0.25, -0.2) is 0 Å². The van der Waals surface area contributed by atoms with Crippen molar-refractivity contribution >= 4 is 17.6 Å². The molecule has 0 fully saturated rings. The van der Waals surface area contributed by atoms with Gasteiger partial charge in [-0.1, -0.05) is 19.9 Å². The van der Waals surface area contributed by atoms with Crippen molar-refractivity contribution in [1.29, 1.82) is 0 Å². The first-order valence-corrected chi connectivity index (χ1v) is 6.70. The van der Waals surface area contributed by atoms with Gasteiger partial charge in [0.25, 0.3) is 0 Å². The second-order valence-electron chi connectivity index (χ2n) is 4.43. The number of rotatable bonds is 4. The van der Waals surface area contributed by atoms with Crippen LogP contribution in [0.15, 0.2) is 30.3 Å². The third-order valence-corrected chi connectivity index (χ3v) is 3.94. The average molecular weight is 260 g/mol. The molecule has 0 atom stereocenters. The Morgan fingerprint density at radius 1 is 1.22 bits per heavy atom. The van der Waals surface area contributed by atoms with Crippen molar-refractivity contribution in [1.82, 2.24) is 0 Å². The van der Waals surface area contributed by atoms with E-state index in [0.29, 0.717) is 5.92 Å². The van der Waals surface area contributed by atoms with Gasteiger partial charge in [0.2, 0.25) is 0 Å². The van der Waals surface area contributed by atoms with Crippen molar-refractivity contribution in [2.75, 3.05) is 7.11 Å². The number of thiophene rings is 1. The highest BCUT2D eigenvalue weighted by atomic mass is 32.1. The number of methoxy groups -OCH3 is 1. The SMILES string of the molecule is COc1cc(C(C)C)ccc1-c1ccc(C=O)s1. The van der Waals surface area contributed by atoms with E-state index < -0.39 is 0 Å². The molecular weight excluding hydrogens is 244 g/mol. The summed E-state index contributed by atoms with van der Waals surface area (Å²) in [6, 6.07) is 10.0. The van der Waals surface area contributed by atoms with E-state index in [9.17, 15) is 4.79 Å².